The molecule has 1 saturated heterocycles. The summed E-state index contributed by atoms with van der Waals surface area (Å²) in [5.41, 5.74) is 6.79. The largest absolute Gasteiger partial charge is 0.497 e. The molecule has 11 heteroatoms. The first-order chi connectivity index (χ1) is 15.2. The molecule has 33 heavy (non-hydrogen) atoms. The zero-order chi connectivity index (χ0) is 23.3. The summed E-state index contributed by atoms with van der Waals surface area (Å²) in [6.07, 6.45) is 1.21. The van der Waals surface area contributed by atoms with Gasteiger partial charge in [0.2, 0.25) is 11.8 Å². The molecule has 2 amide bonds. The fraction of sp³-hybridized carbons (Fsp3) is 0.500. The first-order valence-electron chi connectivity index (χ1n) is 10.5. The summed E-state index contributed by atoms with van der Waals surface area (Å²) < 4.78 is 37.2. The minimum absolute atomic E-state index is 0. The van der Waals surface area contributed by atoms with Crippen LogP contribution in [0.25, 0.3) is 11.5 Å². The Bertz CT molecular complexity index is 952. The maximum absolute atomic E-state index is 13.3. The number of aromatic nitrogens is 1. The fourth-order valence-corrected chi connectivity index (χ4v) is 3.52. The molecule has 0 radical (unpaired) electrons. The van der Waals surface area contributed by atoms with Crippen LogP contribution < -0.4 is 15.8 Å². The molecule has 0 bridgehead atoms. The number of benzene rings is 1. The van der Waals surface area contributed by atoms with Crippen molar-refractivity contribution in [2.75, 3.05) is 26.7 Å². The van der Waals surface area contributed by atoms with Gasteiger partial charge in [-0.3, -0.25) is 9.59 Å². The molecule has 0 unspecified atom stereocenters. The molecule has 2 aromatic rings. The lowest BCUT2D eigenvalue weighted by atomic mass is 10.1. The zero-order valence-corrected chi connectivity index (χ0v) is 19.4. The average Bonchev–Trinajstić information content (AvgIpc) is 3.34. The van der Waals surface area contributed by atoms with Gasteiger partial charge in [0, 0.05) is 25.1 Å². The van der Waals surface area contributed by atoms with Crippen molar-refractivity contribution >= 4 is 24.2 Å². The molecule has 0 spiro atoms. The number of methoxy groups -OCH3 is 1. The van der Waals surface area contributed by atoms with Gasteiger partial charge in [0.05, 0.1) is 19.7 Å². The van der Waals surface area contributed by atoms with E-state index in [9.17, 15) is 18.4 Å². The molecule has 3 N–H and O–H groups in total. The van der Waals surface area contributed by atoms with Crippen molar-refractivity contribution in [2.45, 2.75) is 44.6 Å². The summed E-state index contributed by atoms with van der Waals surface area (Å²) in [6.45, 7) is 1.50. The Labute approximate surface area is 197 Å². The third-order valence-electron chi connectivity index (χ3n) is 5.37. The van der Waals surface area contributed by atoms with Gasteiger partial charge < -0.3 is 25.1 Å². The van der Waals surface area contributed by atoms with Gasteiger partial charge >= 0.3 is 0 Å². The van der Waals surface area contributed by atoms with Crippen molar-refractivity contribution in [3.05, 3.63) is 35.7 Å². The molecule has 1 aliphatic heterocycles. The summed E-state index contributed by atoms with van der Waals surface area (Å²) in [7, 11) is 1.58. The van der Waals surface area contributed by atoms with E-state index < -0.39 is 24.4 Å². The number of aryl methyl sites for hydroxylation is 1. The van der Waals surface area contributed by atoms with E-state index >= 15 is 0 Å². The number of amides is 2. The van der Waals surface area contributed by atoms with Crippen LogP contribution in [-0.4, -0.2) is 60.4 Å². The van der Waals surface area contributed by atoms with Gasteiger partial charge in [-0.15, -0.1) is 12.4 Å². The van der Waals surface area contributed by atoms with E-state index in [4.69, 9.17) is 14.9 Å². The van der Waals surface area contributed by atoms with Crippen LogP contribution in [-0.2, 0) is 4.79 Å². The number of likely N-dealkylation sites (tertiary alicyclic amines) is 1. The number of oxazole rings is 1. The third kappa shape index (κ3) is 6.88. The molecular weight excluding hydrogens is 458 g/mol. The fourth-order valence-electron chi connectivity index (χ4n) is 3.52. The number of nitrogens with one attached hydrogen (secondary N) is 1. The Morgan fingerprint density at radius 1 is 1.30 bits per heavy atom. The number of halogens is 3. The quantitative estimate of drug-likeness (QED) is 0.527. The van der Waals surface area contributed by atoms with Crippen LogP contribution in [0.15, 0.2) is 28.7 Å². The van der Waals surface area contributed by atoms with Crippen LogP contribution in [0.2, 0.25) is 0 Å². The second-order valence-electron chi connectivity index (χ2n) is 7.88. The minimum Gasteiger partial charge on any atom is -0.497 e. The van der Waals surface area contributed by atoms with Crippen LogP contribution in [0.3, 0.4) is 0 Å². The van der Waals surface area contributed by atoms with Gasteiger partial charge in [-0.2, -0.15) is 0 Å². The minimum atomic E-state index is -2.83. The maximum Gasteiger partial charge on any atom is 0.273 e. The van der Waals surface area contributed by atoms with Crippen LogP contribution >= 0.6 is 12.4 Å². The Hall–Kier alpha value is -2.72. The molecule has 1 aromatic heterocycles. The number of carbonyl (C=O) groups excluding carboxylic acids is 2. The van der Waals surface area contributed by atoms with Crippen molar-refractivity contribution in [1.29, 1.82) is 0 Å². The Morgan fingerprint density at radius 2 is 2.00 bits per heavy atom. The summed E-state index contributed by atoms with van der Waals surface area (Å²) in [6, 6.07) is 6.32. The molecule has 1 aromatic carbocycles. The van der Waals surface area contributed by atoms with Gasteiger partial charge in [-0.05, 0) is 50.5 Å². The van der Waals surface area contributed by atoms with E-state index in [1.54, 1.807) is 38.3 Å². The summed E-state index contributed by atoms with van der Waals surface area (Å²) >= 11 is 0. The number of carbonyl (C=O) groups is 2. The highest BCUT2D eigenvalue weighted by Crippen LogP contribution is 2.27. The number of rotatable bonds is 9. The molecule has 1 aliphatic rings. The highest BCUT2D eigenvalue weighted by molar-refractivity contribution is 5.93. The average molecular weight is 487 g/mol. The Kier molecular flexibility index (Phi) is 9.18. The van der Waals surface area contributed by atoms with Crippen molar-refractivity contribution in [3.8, 4) is 17.2 Å². The monoisotopic (exact) mass is 486 g/mol. The second kappa shape index (κ2) is 11.4. The van der Waals surface area contributed by atoms with Gasteiger partial charge in [-0.1, -0.05) is 0 Å². The standard InChI is InChI=1S/C22H28F2N4O4.ClH/c1-14-18(27-20(32-14)15-6-8-16(31-2)9-7-15)19(29)26-11-4-3-5-17(25)21(30)28-12-10-22(23,24)13-28;/h6-9,17H,3-5,10-13,25H2,1-2H3,(H,26,29);1H/t17-;/m0./s1. The van der Waals surface area contributed by atoms with E-state index in [0.717, 1.165) is 10.5 Å². The number of unbranched alkanes of at least 4 members (excludes halogenated alkanes) is 1. The summed E-state index contributed by atoms with van der Waals surface area (Å²) in [4.78, 5) is 30.0. The lowest BCUT2D eigenvalue weighted by molar-refractivity contribution is -0.133. The van der Waals surface area contributed by atoms with Crippen molar-refractivity contribution in [1.82, 2.24) is 15.2 Å². The van der Waals surface area contributed by atoms with Crippen LogP contribution in [0, 0.1) is 6.92 Å². The predicted octanol–water partition coefficient (Wildman–Crippen LogP) is 3.18. The molecular formula is C22H29ClF2N4O4. The molecule has 1 atom stereocenters. The summed E-state index contributed by atoms with van der Waals surface area (Å²) in [5.74, 6) is -2.18. The topological polar surface area (TPSA) is 111 Å². The van der Waals surface area contributed by atoms with Crippen molar-refractivity contribution in [3.63, 3.8) is 0 Å². The SMILES string of the molecule is COc1ccc(-c2nc(C(=O)NCCCC[C@H](N)C(=O)N3CCC(F)(F)C3)c(C)o2)cc1.Cl. The van der Waals surface area contributed by atoms with E-state index in [2.05, 4.69) is 10.3 Å². The highest BCUT2D eigenvalue weighted by atomic mass is 35.5. The number of nitrogens with two attached hydrogens (primary N) is 1. The normalized spacial score (nSPS) is 15.6. The number of ether oxygens (including phenoxy) is 1. The number of hydrogen-bond donors (Lipinski definition) is 2. The molecule has 182 valence electrons. The molecule has 0 aliphatic carbocycles. The van der Waals surface area contributed by atoms with E-state index in [0.29, 0.717) is 43.2 Å². The first-order valence-corrected chi connectivity index (χ1v) is 10.5. The number of nitrogens with zero attached hydrogens (tertiary/aromatic N) is 2. The maximum atomic E-state index is 13.3. The van der Waals surface area contributed by atoms with E-state index in [-0.39, 0.29) is 37.0 Å². The van der Waals surface area contributed by atoms with Crippen LogP contribution in [0.5, 0.6) is 5.75 Å². The molecule has 1 fully saturated rings. The highest BCUT2D eigenvalue weighted by Gasteiger charge is 2.41. The first kappa shape index (κ1) is 26.5. The van der Waals surface area contributed by atoms with Gasteiger partial charge in [0.15, 0.2) is 5.69 Å². The molecule has 8 nitrogen and oxygen atoms in total. The van der Waals surface area contributed by atoms with Crippen LogP contribution in [0.1, 0.15) is 41.9 Å². The lowest BCUT2D eigenvalue weighted by Crippen LogP contribution is -2.43. The van der Waals surface area contributed by atoms with Gasteiger partial charge in [0.1, 0.15) is 11.5 Å². The molecule has 2 heterocycles. The van der Waals surface area contributed by atoms with Crippen molar-refractivity contribution in [2.24, 2.45) is 5.73 Å². The molecule has 0 saturated carbocycles. The van der Waals surface area contributed by atoms with Crippen LogP contribution in [0.4, 0.5) is 8.78 Å². The number of hydrogen-bond acceptors (Lipinski definition) is 6. The Balaban J connectivity index is 0.00000385. The smallest absolute Gasteiger partial charge is 0.273 e. The lowest BCUT2D eigenvalue weighted by Gasteiger charge is -2.20. The predicted molar refractivity (Wildman–Crippen MR) is 121 cm³/mol. The molecule has 3 rings (SSSR count). The summed E-state index contributed by atoms with van der Waals surface area (Å²) in [5, 5.41) is 2.77. The second-order valence-corrected chi connectivity index (χ2v) is 7.88. The van der Waals surface area contributed by atoms with E-state index in [1.807, 2.05) is 0 Å². The van der Waals surface area contributed by atoms with Crippen molar-refractivity contribution < 1.29 is 27.5 Å². The van der Waals surface area contributed by atoms with Gasteiger partial charge in [0.25, 0.3) is 11.8 Å². The number of alkyl halides is 2. The third-order valence-corrected chi connectivity index (χ3v) is 5.37. The van der Waals surface area contributed by atoms with Gasteiger partial charge in [-0.25, -0.2) is 13.8 Å². The zero-order valence-electron chi connectivity index (χ0n) is 18.6. The van der Waals surface area contributed by atoms with E-state index in [1.165, 1.54) is 0 Å². The Morgan fingerprint density at radius 3 is 2.61 bits per heavy atom.